The number of rotatable bonds is 7. The monoisotopic (exact) mass is 412 g/mol. The van der Waals surface area contributed by atoms with Gasteiger partial charge in [0.2, 0.25) is 0 Å². The molecule has 3 rings (SSSR count). The van der Waals surface area contributed by atoms with Crippen molar-refractivity contribution in [3.8, 4) is 0 Å². The van der Waals surface area contributed by atoms with Crippen LogP contribution in [0.2, 0.25) is 4.34 Å². The van der Waals surface area contributed by atoms with Gasteiger partial charge in [-0.2, -0.15) is 0 Å². The van der Waals surface area contributed by atoms with Gasteiger partial charge in [-0.05, 0) is 30.0 Å². The van der Waals surface area contributed by atoms with Crippen LogP contribution in [0.5, 0.6) is 0 Å². The highest BCUT2D eigenvalue weighted by Crippen LogP contribution is 2.25. The molecule has 3 heterocycles. The Labute approximate surface area is 168 Å². The first-order valence-electron chi connectivity index (χ1n) is 8.80. The average Bonchev–Trinajstić information content (AvgIpc) is 3.33. The number of aliphatic imine (C=N–C) groups is 1. The van der Waals surface area contributed by atoms with E-state index in [1.165, 1.54) is 9.75 Å². The molecular weight excluding hydrogens is 388 g/mol. The molecule has 0 spiro atoms. The third kappa shape index (κ3) is 5.69. The van der Waals surface area contributed by atoms with Crippen molar-refractivity contribution in [1.82, 2.24) is 15.5 Å². The first kappa shape index (κ1) is 19.6. The van der Waals surface area contributed by atoms with Crippen molar-refractivity contribution in [2.24, 2.45) is 4.99 Å². The van der Waals surface area contributed by atoms with Crippen LogP contribution in [0.25, 0.3) is 0 Å². The maximum absolute atomic E-state index is 5.99. The summed E-state index contributed by atoms with van der Waals surface area (Å²) >= 11 is 9.42. The minimum absolute atomic E-state index is 0.341. The smallest absolute Gasteiger partial charge is 0.191 e. The number of halogens is 1. The Morgan fingerprint density at radius 1 is 1.31 bits per heavy atom. The molecule has 0 aromatic carbocycles. The number of nitrogens with one attached hydrogen (secondary N) is 2. The van der Waals surface area contributed by atoms with E-state index in [9.17, 15) is 0 Å². The molecule has 1 aliphatic rings. The molecule has 1 fully saturated rings. The Morgan fingerprint density at radius 2 is 2.15 bits per heavy atom. The van der Waals surface area contributed by atoms with Crippen molar-refractivity contribution in [1.29, 1.82) is 0 Å². The summed E-state index contributed by atoms with van der Waals surface area (Å²) in [5.74, 6) is 0.836. The van der Waals surface area contributed by atoms with Gasteiger partial charge in [0.25, 0.3) is 0 Å². The zero-order valence-corrected chi connectivity index (χ0v) is 17.3. The van der Waals surface area contributed by atoms with Gasteiger partial charge in [-0.15, -0.1) is 22.7 Å². The summed E-state index contributed by atoms with van der Waals surface area (Å²) in [4.78, 5) is 9.50. The van der Waals surface area contributed by atoms with Gasteiger partial charge < -0.3 is 15.4 Å². The Balaban J connectivity index is 1.51. The largest absolute Gasteiger partial charge is 0.379 e. The van der Waals surface area contributed by atoms with Crippen LogP contribution in [-0.4, -0.2) is 57.3 Å². The van der Waals surface area contributed by atoms with Crippen molar-refractivity contribution >= 4 is 40.2 Å². The molecule has 0 aliphatic carbocycles. The molecule has 26 heavy (non-hydrogen) atoms. The van der Waals surface area contributed by atoms with Crippen LogP contribution in [0.1, 0.15) is 15.8 Å². The Bertz CT molecular complexity index is 683. The molecular formula is C18H25ClN4OS2. The molecule has 1 unspecified atom stereocenters. The summed E-state index contributed by atoms with van der Waals surface area (Å²) in [6.07, 6.45) is 0.940. The van der Waals surface area contributed by atoms with Gasteiger partial charge in [-0.3, -0.25) is 9.89 Å². The van der Waals surface area contributed by atoms with Crippen molar-refractivity contribution in [2.45, 2.75) is 12.5 Å². The van der Waals surface area contributed by atoms with E-state index < -0.39 is 0 Å². The Kier molecular flexibility index (Phi) is 7.76. The SMILES string of the molecule is CN=C(NCCc1ccc(Cl)s1)NCC(c1cccs1)N1CCOCC1. The molecule has 2 N–H and O–H groups in total. The first-order chi connectivity index (χ1) is 12.8. The van der Waals surface area contributed by atoms with E-state index in [2.05, 4.69) is 44.1 Å². The summed E-state index contributed by atoms with van der Waals surface area (Å²) in [5, 5.41) is 9.02. The van der Waals surface area contributed by atoms with Crippen LogP contribution in [0.3, 0.4) is 0 Å². The Morgan fingerprint density at radius 3 is 2.81 bits per heavy atom. The van der Waals surface area contributed by atoms with Crippen molar-refractivity contribution in [3.05, 3.63) is 43.7 Å². The van der Waals surface area contributed by atoms with Gasteiger partial charge in [0.15, 0.2) is 5.96 Å². The average molecular weight is 413 g/mol. The number of ether oxygens (including phenoxy) is 1. The van der Waals surface area contributed by atoms with Gasteiger partial charge in [0, 0.05) is 43.0 Å². The normalized spacial score (nSPS) is 17.2. The van der Waals surface area contributed by atoms with E-state index in [0.29, 0.717) is 6.04 Å². The van der Waals surface area contributed by atoms with E-state index in [1.54, 1.807) is 11.3 Å². The zero-order chi connectivity index (χ0) is 18.2. The summed E-state index contributed by atoms with van der Waals surface area (Å²) in [6.45, 7) is 5.20. The highest BCUT2D eigenvalue weighted by atomic mass is 35.5. The predicted molar refractivity (Wildman–Crippen MR) is 112 cm³/mol. The van der Waals surface area contributed by atoms with Crippen LogP contribution in [0.15, 0.2) is 34.6 Å². The number of hydrogen-bond donors (Lipinski definition) is 2. The van der Waals surface area contributed by atoms with Crippen molar-refractivity contribution < 1.29 is 4.74 Å². The van der Waals surface area contributed by atoms with Crippen LogP contribution in [0, 0.1) is 0 Å². The lowest BCUT2D eigenvalue weighted by Gasteiger charge is -2.34. The summed E-state index contributed by atoms with van der Waals surface area (Å²) in [7, 11) is 1.81. The number of morpholine rings is 1. The van der Waals surface area contributed by atoms with Gasteiger partial charge >= 0.3 is 0 Å². The lowest BCUT2D eigenvalue weighted by atomic mass is 10.2. The lowest BCUT2D eigenvalue weighted by Crippen LogP contribution is -2.46. The van der Waals surface area contributed by atoms with Crippen LogP contribution < -0.4 is 10.6 Å². The van der Waals surface area contributed by atoms with E-state index in [-0.39, 0.29) is 0 Å². The molecule has 1 atom stereocenters. The van der Waals surface area contributed by atoms with Crippen molar-refractivity contribution in [2.75, 3.05) is 46.4 Å². The highest BCUT2D eigenvalue weighted by molar-refractivity contribution is 7.16. The fourth-order valence-electron chi connectivity index (χ4n) is 2.98. The lowest BCUT2D eigenvalue weighted by molar-refractivity contribution is 0.0177. The molecule has 2 aromatic heterocycles. The molecule has 0 radical (unpaired) electrons. The third-order valence-electron chi connectivity index (χ3n) is 4.34. The zero-order valence-electron chi connectivity index (χ0n) is 14.9. The molecule has 5 nitrogen and oxygen atoms in total. The van der Waals surface area contributed by atoms with Gasteiger partial charge in [0.05, 0.1) is 23.6 Å². The standard InChI is InChI=1S/C18H25ClN4OS2/c1-20-18(21-7-6-14-4-5-17(19)26-14)22-13-15(16-3-2-12-25-16)23-8-10-24-11-9-23/h2-5,12,15H,6-11,13H2,1H3,(H2,20,21,22). The minimum atomic E-state index is 0.341. The summed E-state index contributed by atoms with van der Waals surface area (Å²) in [6, 6.07) is 8.70. The Hall–Kier alpha value is -1.12. The number of guanidine groups is 1. The molecule has 0 bridgehead atoms. The fourth-order valence-corrected chi connectivity index (χ4v) is 4.93. The van der Waals surface area contributed by atoms with Crippen molar-refractivity contribution in [3.63, 3.8) is 0 Å². The van der Waals surface area contributed by atoms with Crippen LogP contribution >= 0.6 is 34.3 Å². The van der Waals surface area contributed by atoms with E-state index in [1.807, 2.05) is 24.5 Å². The van der Waals surface area contributed by atoms with E-state index >= 15 is 0 Å². The maximum atomic E-state index is 5.99. The predicted octanol–water partition coefficient (Wildman–Crippen LogP) is 3.24. The molecule has 1 aliphatic heterocycles. The maximum Gasteiger partial charge on any atom is 0.191 e. The molecule has 142 valence electrons. The topological polar surface area (TPSA) is 48.9 Å². The highest BCUT2D eigenvalue weighted by Gasteiger charge is 2.23. The van der Waals surface area contributed by atoms with Gasteiger partial charge in [-0.25, -0.2) is 0 Å². The van der Waals surface area contributed by atoms with Gasteiger partial charge in [-0.1, -0.05) is 17.7 Å². The molecule has 8 heteroatoms. The van der Waals surface area contributed by atoms with E-state index in [0.717, 1.165) is 56.1 Å². The minimum Gasteiger partial charge on any atom is -0.379 e. The molecule has 2 aromatic rings. The number of thiophene rings is 2. The number of nitrogens with zero attached hydrogens (tertiary/aromatic N) is 2. The second-order valence-electron chi connectivity index (χ2n) is 6.02. The molecule has 0 amide bonds. The first-order valence-corrected chi connectivity index (χ1v) is 10.9. The second-order valence-corrected chi connectivity index (χ2v) is 8.79. The quantitative estimate of drug-likeness (QED) is 0.541. The van der Waals surface area contributed by atoms with Crippen LogP contribution in [0.4, 0.5) is 0 Å². The molecule has 0 saturated carbocycles. The van der Waals surface area contributed by atoms with E-state index in [4.69, 9.17) is 16.3 Å². The summed E-state index contributed by atoms with van der Waals surface area (Å²) in [5.41, 5.74) is 0. The second kappa shape index (κ2) is 10.3. The third-order valence-corrected chi connectivity index (χ3v) is 6.60. The number of hydrogen-bond acceptors (Lipinski definition) is 5. The molecule has 1 saturated heterocycles. The van der Waals surface area contributed by atoms with Crippen LogP contribution in [-0.2, 0) is 11.2 Å². The fraction of sp³-hybridized carbons (Fsp3) is 0.500. The summed E-state index contributed by atoms with van der Waals surface area (Å²) < 4.78 is 6.35. The van der Waals surface area contributed by atoms with Gasteiger partial charge in [0.1, 0.15) is 0 Å².